The zero-order valence-electron chi connectivity index (χ0n) is 58.3. The van der Waals surface area contributed by atoms with Gasteiger partial charge in [-0.05, 0) is 0 Å². The van der Waals surface area contributed by atoms with Gasteiger partial charge in [-0.15, -0.1) is 0 Å². The summed E-state index contributed by atoms with van der Waals surface area (Å²) >= 11 is -5.98. The Kier molecular flexibility index (Phi) is 72.0. The normalized spacial score (nSPS) is 12.2. The van der Waals surface area contributed by atoms with Gasteiger partial charge >= 0.3 is 489 Å². The van der Waals surface area contributed by atoms with E-state index in [1.165, 1.54) is 424 Å². The maximum atomic E-state index is 9.00. The van der Waals surface area contributed by atoms with Crippen molar-refractivity contribution in [1.29, 1.82) is 0 Å². The number of rotatable bonds is 74. The molecular formula is C78H162OSn2. The topological polar surface area (TPSA) is 9.23 Å². The van der Waals surface area contributed by atoms with Gasteiger partial charge in [0.25, 0.3) is 0 Å². The van der Waals surface area contributed by atoms with Crippen LogP contribution in [0.2, 0.25) is 26.6 Å². The monoisotopic (exact) mass is 1360 g/mol. The molecule has 3 heteroatoms. The summed E-state index contributed by atoms with van der Waals surface area (Å²) in [5.74, 6) is 0. The molecule has 0 radical (unpaired) electrons. The third kappa shape index (κ3) is 61.6. The van der Waals surface area contributed by atoms with Crippen LogP contribution in [0.5, 0.6) is 0 Å². The summed E-state index contributed by atoms with van der Waals surface area (Å²) in [6, 6.07) is 0. The second-order valence-electron chi connectivity index (χ2n) is 28.2. The van der Waals surface area contributed by atoms with E-state index in [1.54, 1.807) is 26.6 Å². The van der Waals surface area contributed by atoms with Crippen LogP contribution < -0.4 is 0 Å². The van der Waals surface area contributed by atoms with Crippen LogP contribution in [0.15, 0.2) is 0 Å². The van der Waals surface area contributed by atoms with E-state index in [4.69, 9.17) is 1.41 Å². The van der Waals surface area contributed by atoms with Crippen molar-refractivity contribution in [1.82, 2.24) is 0 Å². The van der Waals surface area contributed by atoms with Crippen LogP contribution in [-0.2, 0) is 1.41 Å². The number of hydrogen-bond donors (Lipinski definition) is 0. The van der Waals surface area contributed by atoms with Crippen molar-refractivity contribution in [2.45, 2.75) is 492 Å². The summed E-state index contributed by atoms with van der Waals surface area (Å²) in [7, 11) is 0. The molecule has 0 rings (SSSR count). The fourth-order valence-electron chi connectivity index (χ4n) is 14.2. The van der Waals surface area contributed by atoms with Gasteiger partial charge in [0.05, 0.1) is 0 Å². The predicted octanol–water partition coefficient (Wildman–Crippen LogP) is 30.8. The van der Waals surface area contributed by atoms with E-state index in [2.05, 4.69) is 41.5 Å². The molecular weight excluding hydrogens is 1190 g/mol. The first-order valence-corrected chi connectivity index (χ1v) is 54.2. The minimum absolute atomic E-state index is 1.37. The summed E-state index contributed by atoms with van der Waals surface area (Å²) in [4.78, 5) is 0. The van der Waals surface area contributed by atoms with Crippen LogP contribution in [0.25, 0.3) is 0 Å². The average molecular weight is 1350 g/mol. The molecule has 0 spiro atoms. The van der Waals surface area contributed by atoms with Crippen molar-refractivity contribution in [3.05, 3.63) is 0 Å². The molecule has 0 atom stereocenters. The fourth-order valence-corrected chi connectivity index (χ4v) is 67.5. The Bertz CT molecular complexity index is 894. The molecule has 0 amide bonds. The summed E-state index contributed by atoms with van der Waals surface area (Å²) in [5.41, 5.74) is 0. The van der Waals surface area contributed by atoms with E-state index < -0.39 is 37.6 Å². The van der Waals surface area contributed by atoms with Crippen molar-refractivity contribution in [2.24, 2.45) is 0 Å². The molecule has 0 aliphatic rings. The van der Waals surface area contributed by atoms with Crippen molar-refractivity contribution in [3.63, 3.8) is 0 Å². The van der Waals surface area contributed by atoms with E-state index >= 15 is 0 Å². The first-order chi connectivity index (χ1) is 40.1. The molecule has 0 aromatic rings. The van der Waals surface area contributed by atoms with Crippen molar-refractivity contribution in [3.8, 4) is 0 Å². The Hall–Kier alpha value is 1.56. The molecule has 0 aliphatic heterocycles. The molecule has 0 N–H and O–H groups in total. The van der Waals surface area contributed by atoms with Crippen LogP contribution in [0.1, 0.15) is 465 Å². The van der Waals surface area contributed by atoms with Crippen LogP contribution >= 0.6 is 0 Å². The molecule has 0 unspecified atom stereocenters. The third-order valence-corrected chi connectivity index (χ3v) is 60.6. The Labute approximate surface area is 526 Å². The van der Waals surface area contributed by atoms with Crippen molar-refractivity contribution in [2.75, 3.05) is 0 Å². The van der Waals surface area contributed by atoms with Gasteiger partial charge in [0.2, 0.25) is 0 Å². The Balaban J connectivity index is 6.67. The maximum absolute atomic E-state index is 9.00. The fraction of sp³-hybridized carbons (Fsp3) is 1.00. The van der Waals surface area contributed by atoms with Crippen molar-refractivity contribution < 1.29 is 1.41 Å². The van der Waals surface area contributed by atoms with Gasteiger partial charge in [-0.3, -0.25) is 0 Å². The minimum Gasteiger partial charge on any atom is -0.0654 e. The van der Waals surface area contributed by atoms with Crippen LogP contribution in [0.4, 0.5) is 0 Å². The molecule has 0 saturated carbocycles. The summed E-state index contributed by atoms with van der Waals surface area (Å²) in [6.07, 6.45) is 97.5. The second-order valence-corrected chi connectivity index (χ2v) is 54.7. The molecule has 0 fully saturated rings. The molecule has 0 saturated heterocycles. The zero-order valence-corrected chi connectivity index (χ0v) is 64.0. The van der Waals surface area contributed by atoms with E-state index in [9.17, 15) is 0 Å². The number of unbranched alkanes of at least 4 members (excludes halogenated alkanes) is 60. The average Bonchev–Trinajstić information content (AvgIpc) is 3.53. The number of hydrogen-bond acceptors (Lipinski definition) is 1. The van der Waals surface area contributed by atoms with Gasteiger partial charge in [0, 0.05) is 0 Å². The predicted molar refractivity (Wildman–Crippen MR) is 380 cm³/mol. The minimum atomic E-state index is -2.99. The molecule has 0 aromatic carbocycles. The van der Waals surface area contributed by atoms with Gasteiger partial charge in [-0.2, -0.15) is 0 Å². The molecule has 81 heavy (non-hydrogen) atoms. The molecule has 0 bridgehead atoms. The van der Waals surface area contributed by atoms with Gasteiger partial charge in [-0.1, -0.05) is 41.5 Å². The van der Waals surface area contributed by atoms with Gasteiger partial charge in [0.15, 0.2) is 0 Å². The molecule has 0 aliphatic carbocycles. The van der Waals surface area contributed by atoms with E-state index in [-0.39, 0.29) is 0 Å². The van der Waals surface area contributed by atoms with E-state index in [0.29, 0.717) is 0 Å². The standard InChI is InChI=1S/6C13H27.O.2Sn/c6*1-3-5-7-9-11-13-12-10-8-6-4-2;;;/h6*1,3-13H2,2H3;;;. The first-order valence-electron chi connectivity index (χ1n) is 39.8. The SMILES string of the molecule is CCCCCCCCCCCC[CH2][Sn]([CH2]CCCCCCCCCCCC)([CH2]CCCCCCCCCCCC)[O][Sn]([CH2]CCCCCCCCCCCC)([CH2]CCCCCCCCCCCC)[CH2]CCCCCCCCCCCC. The zero-order chi connectivity index (χ0) is 58.6. The van der Waals surface area contributed by atoms with Gasteiger partial charge < -0.3 is 0 Å². The quantitative estimate of drug-likeness (QED) is 0.0436. The van der Waals surface area contributed by atoms with Crippen LogP contribution in [-0.4, -0.2) is 37.6 Å². The van der Waals surface area contributed by atoms with Crippen LogP contribution in [0.3, 0.4) is 0 Å². The van der Waals surface area contributed by atoms with E-state index in [0.717, 1.165) is 0 Å². The van der Waals surface area contributed by atoms with Crippen molar-refractivity contribution >= 4 is 37.6 Å². The Morgan fingerprint density at radius 2 is 0.210 bits per heavy atom. The van der Waals surface area contributed by atoms with E-state index in [1.807, 2.05) is 0 Å². The molecule has 488 valence electrons. The summed E-state index contributed by atoms with van der Waals surface area (Å²) in [6.45, 7) is 14.2. The third-order valence-electron chi connectivity index (χ3n) is 19.8. The smallest absolute Gasteiger partial charge is 0.0654 e. The summed E-state index contributed by atoms with van der Waals surface area (Å²) in [5, 5.41) is 0. The first kappa shape index (κ1) is 82.6. The van der Waals surface area contributed by atoms with Crippen LogP contribution in [0, 0.1) is 0 Å². The van der Waals surface area contributed by atoms with Gasteiger partial charge in [-0.25, -0.2) is 0 Å². The van der Waals surface area contributed by atoms with Gasteiger partial charge in [0.1, 0.15) is 0 Å². The second kappa shape index (κ2) is 70.6. The molecule has 0 aromatic heterocycles. The Morgan fingerprint density at radius 3 is 0.309 bits per heavy atom. The summed E-state index contributed by atoms with van der Waals surface area (Å²) < 4.78 is 18.6. The Morgan fingerprint density at radius 1 is 0.123 bits per heavy atom. The molecule has 0 heterocycles. The molecule has 1 nitrogen and oxygen atoms in total.